The van der Waals surface area contributed by atoms with E-state index in [1.807, 2.05) is 36.4 Å². The molecule has 0 radical (unpaired) electrons. The Hall–Kier alpha value is -2.17. The molecule has 134 valence electrons. The van der Waals surface area contributed by atoms with Gasteiger partial charge in [-0.2, -0.15) is 0 Å². The number of nitrogens with two attached hydrogens (primary N) is 1. The molecule has 0 saturated heterocycles. The van der Waals surface area contributed by atoms with E-state index in [0.29, 0.717) is 12.1 Å². The molecule has 0 spiro atoms. The van der Waals surface area contributed by atoms with Crippen LogP contribution in [0.2, 0.25) is 0 Å². The molecule has 1 amide bonds. The summed E-state index contributed by atoms with van der Waals surface area (Å²) in [4.78, 5) is 11.4. The average molecular weight is 340 g/mol. The van der Waals surface area contributed by atoms with Crippen LogP contribution in [0.25, 0.3) is 0 Å². The van der Waals surface area contributed by atoms with E-state index in [9.17, 15) is 9.90 Å². The number of nitrogens with one attached hydrogen (secondary N) is 1. The molecule has 4 nitrogen and oxygen atoms in total. The van der Waals surface area contributed by atoms with E-state index in [1.54, 1.807) is 6.07 Å². The lowest BCUT2D eigenvalue weighted by Crippen LogP contribution is -2.28. The van der Waals surface area contributed by atoms with Crippen molar-refractivity contribution in [2.75, 3.05) is 13.1 Å². The van der Waals surface area contributed by atoms with Crippen LogP contribution in [0.15, 0.2) is 54.6 Å². The predicted molar refractivity (Wildman–Crippen MR) is 102 cm³/mol. The number of primary amides is 1. The van der Waals surface area contributed by atoms with Crippen molar-refractivity contribution in [2.24, 2.45) is 5.73 Å². The molecule has 0 saturated carbocycles. The van der Waals surface area contributed by atoms with Crippen LogP contribution in [0, 0.1) is 0 Å². The largest absolute Gasteiger partial charge is 0.392 e. The second-order valence-corrected chi connectivity index (χ2v) is 6.36. The zero-order valence-corrected chi connectivity index (χ0v) is 14.7. The van der Waals surface area contributed by atoms with Crippen molar-refractivity contribution in [3.8, 4) is 0 Å². The van der Waals surface area contributed by atoms with Gasteiger partial charge in [-0.3, -0.25) is 4.79 Å². The molecular weight excluding hydrogens is 312 g/mol. The van der Waals surface area contributed by atoms with E-state index in [1.165, 1.54) is 5.56 Å². The normalized spacial score (nSPS) is 12.0. The number of hydrogen-bond donors (Lipinski definition) is 3. The van der Waals surface area contributed by atoms with E-state index in [2.05, 4.69) is 17.4 Å². The Bertz CT molecular complexity index is 643. The van der Waals surface area contributed by atoms with Crippen LogP contribution in [0.3, 0.4) is 0 Å². The molecule has 0 heterocycles. The Morgan fingerprint density at radius 2 is 1.72 bits per heavy atom. The van der Waals surface area contributed by atoms with Crippen LogP contribution in [-0.2, 0) is 12.8 Å². The quantitative estimate of drug-likeness (QED) is 0.551. The van der Waals surface area contributed by atoms with Gasteiger partial charge in [0.05, 0.1) is 6.10 Å². The van der Waals surface area contributed by atoms with Crippen LogP contribution in [0.4, 0.5) is 0 Å². The van der Waals surface area contributed by atoms with Gasteiger partial charge in [-0.1, -0.05) is 48.5 Å². The molecule has 0 aromatic heterocycles. The van der Waals surface area contributed by atoms with Crippen molar-refractivity contribution < 1.29 is 9.90 Å². The summed E-state index contributed by atoms with van der Waals surface area (Å²) >= 11 is 0. The number of carbonyl (C=O) groups is 1. The summed E-state index contributed by atoms with van der Waals surface area (Å²) < 4.78 is 0. The molecule has 2 aromatic carbocycles. The van der Waals surface area contributed by atoms with E-state index in [-0.39, 0.29) is 12.0 Å². The molecule has 2 rings (SSSR count). The smallest absolute Gasteiger partial charge is 0.248 e. The van der Waals surface area contributed by atoms with Gasteiger partial charge in [-0.05, 0) is 55.8 Å². The fourth-order valence-corrected chi connectivity index (χ4v) is 2.89. The minimum Gasteiger partial charge on any atom is -0.392 e. The first kappa shape index (κ1) is 19.2. The van der Waals surface area contributed by atoms with Gasteiger partial charge in [0.25, 0.3) is 0 Å². The van der Waals surface area contributed by atoms with Crippen LogP contribution in [0.1, 0.15) is 40.7 Å². The van der Waals surface area contributed by atoms with Crippen molar-refractivity contribution in [3.63, 3.8) is 0 Å². The molecule has 0 bridgehead atoms. The molecule has 0 aliphatic carbocycles. The third-order valence-corrected chi connectivity index (χ3v) is 4.32. The standard InChI is InChI=1S/C21H28N2O2/c22-21(25)20-12-5-4-10-18(20)11-6-7-15-23-16-19(24)14-13-17-8-2-1-3-9-17/h1-5,8-10,12,19,23-24H,6-7,11,13-16H2,(H2,22,25)/t19-/m0/s1. The van der Waals surface area contributed by atoms with E-state index in [0.717, 1.165) is 44.2 Å². The van der Waals surface area contributed by atoms with Gasteiger partial charge in [0, 0.05) is 12.1 Å². The number of hydrogen-bond acceptors (Lipinski definition) is 3. The van der Waals surface area contributed by atoms with Gasteiger partial charge >= 0.3 is 0 Å². The van der Waals surface area contributed by atoms with Gasteiger partial charge in [0.15, 0.2) is 0 Å². The Morgan fingerprint density at radius 3 is 2.48 bits per heavy atom. The Balaban J connectivity index is 1.57. The summed E-state index contributed by atoms with van der Waals surface area (Å²) in [6.45, 7) is 1.48. The number of aliphatic hydroxyl groups excluding tert-OH is 1. The number of benzene rings is 2. The van der Waals surface area contributed by atoms with E-state index < -0.39 is 0 Å². The maximum absolute atomic E-state index is 11.4. The van der Waals surface area contributed by atoms with Gasteiger partial charge in [-0.25, -0.2) is 0 Å². The zero-order valence-electron chi connectivity index (χ0n) is 14.7. The Kier molecular flexibility index (Phi) is 8.16. The van der Waals surface area contributed by atoms with Crippen molar-refractivity contribution in [1.29, 1.82) is 0 Å². The van der Waals surface area contributed by atoms with Gasteiger partial charge in [-0.15, -0.1) is 0 Å². The number of rotatable bonds is 11. The summed E-state index contributed by atoms with van der Waals surface area (Å²) in [5.41, 5.74) is 8.28. The molecule has 4 heteroatoms. The van der Waals surface area contributed by atoms with Gasteiger partial charge in [0.2, 0.25) is 5.91 Å². The highest BCUT2D eigenvalue weighted by Gasteiger charge is 2.07. The summed E-state index contributed by atoms with van der Waals surface area (Å²) in [5.74, 6) is -0.365. The zero-order chi connectivity index (χ0) is 17.9. The second kappa shape index (κ2) is 10.6. The number of carbonyl (C=O) groups excluding carboxylic acids is 1. The molecule has 25 heavy (non-hydrogen) atoms. The third-order valence-electron chi connectivity index (χ3n) is 4.32. The van der Waals surface area contributed by atoms with Crippen molar-refractivity contribution >= 4 is 5.91 Å². The molecule has 0 fully saturated rings. The van der Waals surface area contributed by atoms with E-state index in [4.69, 9.17) is 5.73 Å². The third kappa shape index (κ3) is 7.08. The van der Waals surface area contributed by atoms with Gasteiger partial charge < -0.3 is 16.2 Å². The van der Waals surface area contributed by atoms with E-state index >= 15 is 0 Å². The maximum Gasteiger partial charge on any atom is 0.248 e. The topological polar surface area (TPSA) is 75.4 Å². The molecule has 1 atom stereocenters. The Morgan fingerprint density at radius 1 is 1.00 bits per heavy atom. The minimum atomic E-state index is -0.365. The number of unbranched alkanes of at least 4 members (excludes halogenated alkanes) is 1. The highest BCUT2D eigenvalue weighted by Crippen LogP contribution is 2.11. The number of aryl methyl sites for hydroxylation is 2. The maximum atomic E-state index is 11.4. The second-order valence-electron chi connectivity index (χ2n) is 6.36. The summed E-state index contributed by atoms with van der Waals surface area (Å²) in [6.07, 6.45) is 4.17. The predicted octanol–water partition coefficient (Wildman–Crippen LogP) is 2.69. The summed E-state index contributed by atoms with van der Waals surface area (Å²) in [6, 6.07) is 17.7. The first-order valence-corrected chi connectivity index (χ1v) is 8.97. The highest BCUT2D eigenvalue weighted by molar-refractivity contribution is 5.94. The van der Waals surface area contributed by atoms with Crippen LogP contribution < -0.4 is 11.1 Å². The molecule has 0 aliphatic heterocycles. The van der Waals surface area contributed by atoms with Crippen molar-refractivity contribution in [3.05, 3.63) is 71.3 Å². The first-order valence-electron chi connectivity index (χ1n) is 8.97. The highest BCUT2D eigenvalue weighted by atomic mass is 16.3. The average Bonchev–Trinajstić information content (AvgIpc) is 2.64. The van der Waals surface area contributed by atoms with Crippen LogP contribution in [-0.4, -0.2) is 30.2 Å². The van der Waals surface area contributed by atoms with Crippen LogP contribution >= 0.6 is 0 Å². The molecule has 4 N–H and O–H groups in total. The molecule has 0 aliphatic rings. The molecule has 0 unspecified atom stereocenters. The number of amides is 1. The fourth-order valence-electron chi connectivity index (χ4n) is 2.89. The monoisotopic (exact) mass is 340 g/mol. The summed E-state index contributed by atoms with van der Waals surface area (Å²) in [7, 11) is 0. The lowest BCUT2D eigenvalue weighted by molar-refractivity contribution is 0.0999. The molecular formula is C21H28N2O2. The van der Waals surface area contributed by atoms with Gasteiger partial charge in [0.1, 0.15) is 0 Å². The van der Waals surface area contributed by atoms with Crippen LogP contribution in [0.5, 0.6) is 0 Å². The first-order chi connectivity index (χ1) is 12.2. The minimum absolute atomic E-state index is 0.323. The van der Waals surface area contributed by atoms with Crippen molar-refractivity contribution in [2.45, 2.75) is 38.2 Å². The molecule has 2 aromatic rings. The van der Waals surface area contributed by atoms with Crippen molar-refractivity contribution in [1.82, 2.24) is 5.32 Å². The number of aliphatic hydroxyl groups is 1. The lowest BCUT2D eigenvalue weighted by Gasteiger charge is -2.12. The SMILES string of the molecule is NC(=O)c1ccccc1CCCCNC[C@@H](O)CCc1ccccc1. The Labute approximate surface area is 150 Å². The fraction of sp³-hybridized carbons (Fsp3) is 0.381. The lowest BCUT2D eigenvalue weighted by atomic mass is 10.0. The summed E-state index contributed by atoms with van der Waals surface area (Å²) in [5, 5.41) is 13.3.